The van der Waals surface area contributed by atoms with Gasteiger partial charge in [-0.3, -0.25) is 0 Å². The maximum atomic E-state index is 12.2. The first kappa shape index (κ1) is 16.5. The van der Waals surface area contributed by atoms with E-state index in [1.807, 2.05) is 20.8 Å². The van der Waals surface area contributed by atoms with E-state index in [9.17, 15) is 4.79 Å². The second-order valence-corrected chi connectivity index (χ2v) is 7.78. The summed E-state index contributed by atoms with van der Waals surface area (Å²) in [4.78, 5) is 14.0. The molecule has 1 aliphatic heterocycles. The number of piperidine rings is 1. The number of amides is 1. The number of nitrogens with zero attached hydrogens (tertiary/aromatic N) is 1. The van der Waals surface area contributed by atoms with Gasteiger partial charge in [-0.25, -0.2) is 4.79 Å². The molecule has 2 N–H and O–H groups in total. The van der Waals surface area contributed by atoms with Crippen LogP contribution < -0.4 is 5.73 Å². The number of hydrogen-bond donors (Lipinski definition) is 1. The lowest BCUT2D eigenvalue weighted by Crippen LogP contribution is -2.49. The van der Waals surface area contributed by atoms with E-state index in [0.717, 1.165) is 6.42 Å². The van der Waals surface area contributed by atoms with E-state index in [1.165, 1.54) is 9.13 Å². The second kappa shape index (κ2) is 6.52. The molecule has 1 fully saturated rings. The SMILES string of the molecule is CC(C)(C)OC(=O)N1CCC(N)C(c2ccc(I)cc2)C1. The quantitative estimate of drug-likeness (QED) is 0.734. The molecule has 0 aliphatic carbocycles. The highest BCUT2D eigenvalue weighted by molar-refractivity contribution is 14.1. The van der Waals surface area contributed by atoms with Crippen molar-refractivity contribution in [2.24, 2.45) is 5.73 Å². The Morgan fingerprint density at radius 3 is 2.52 bits per heavy atom. The molecule has 0 spiro atoms. The van der Waals surface area contributed by atoms with Gasteiger partial charge >= 0.3 is 6.09 Å². The first-order valence-electron chi connectivity index (χ1n) is 7.25. The van der Waals surface area contributed by atoms with Crippen molar-refractivity contribution in [1.29, 1.82) is 0 Å². The number of hydrogen-bond acceptors (Lipinski definition) is 3. The lowest BCUT2D eigenvalue weighted by molar-refractivity contribution is 0.0186. The highest BCUT2D eigenvalue weighted by Crippen LogP contribution is 2.27. The van der Waals surface area contributed by atoms with Crippen molar-refractivity contribution in [3.8, 4) is 0 Å². The third kappa shape index (κ3) is 4.57. The zero-order valence-electron chi connectivity index (χ0n) is 12.8. The van der Waals surface area contributed by atoms with Gasteiger partial charge in [0.15, 0.2) is 0 Å². The predicted molar refractivity (Wildman–Crippen MR) is 92.3 cm³/mol. The van der Waals surface area contributed by atoms with Crippen LogP contribution in [0, 0.1) is 3.57 Å². The minimum atomic E-state index is -0.463. The molecule has 1 aliphatic rings. The molecule has 0 radical (unpaired) electrons. The minimum Gasteiger partial charge on any atom is -0.444 e. The van der Waals surface area contributed by atoms with Crippen molar-refractivity contribution < 1.29 is 9.53 Å². The van der Waals surface area contributed by atoms with E-state index < -0.39 is 5.60 Å². The highest BCUT2D eigenvalue weighted by atomic mass is 127. The molecule has 0 bridgehead atoms. The molecule has 5 heteroatoms. The summed E-state index contributed by atoms with van der Waals surface area (Å²) in [5.41, 5.74) is 6.99. The fourth-order valence-electron chi connectivity index (χ4n) is 2.53. The van der Waals surface area contributed by atoms with Gasteiger partial charge in [-0.2, -0.15) is 0 Å². The number of likely N-dealkylation sites (tertiary alicyclic amines) is 1. The third-order valence-corrected chi connectivity index (χ3v) is 4.34. The number of nitrogens with two attached hydrogens (primary N) is 1. The van der Waals surface area contributed by atoms with Gasteiger partial charge in [0.2, 0.25) is 0 Å². The number of rotatable bonds is 1. The van der Waals surface area contributed by atoms with Crippen LogP contribution in [0.1, 0.15) is 38.7 Å². The van der Waals surface area contributed by atoms with Gasteiger partial charge in [0.1, 0.15) is 5.60 Å². The van der Waals surface area contributed by atoms with E-state index in [0.29, 0.717) is 13.1 Å². The highest BCUT2D eigenvalue weighted by Gasteiger charge is 2.32. The molecule has 1 aromatic carbocycles. The largest absolute Gasteiger partial charge is 0.444 e. The van der Waals surface area contributed by atoms with Gasteiger partial charge in [-0.1, -0.05) is 12.1 Å². The van der Waals surface area contributed by atoms with E-state index >= 15 is 0 Å². The Morgan fingerprint density at radius 2 is 1.95 bits per heavy atom. The number of halogens is 1. The molecule has 116 valence electrons. The van der Waals surface area contributed by atoms with Crippen LogP contribution in [0.25, 0.3) is 0 Å². The van der Waals surface area contributed by atoms with Crippen LogP contribution in [-0.4, -0.2) is 35.7 Å². The maximum Gasteiger partial charge on any atom is 0.410 e. The van der Waals surface area contributed by atoms with E-state index in [1.54, 1.807) is 4.90 Å². The lowest BCUT2D eigenvalue weighted by atomic mass is 9.87. The average Bonchev–Trinajstić information content (AvgIpc) is 2.38. The number of carbonyl (C=O) groups is 1. The van der Waals surface area contributed by atoms with Crippen LogP contribution in [0.15, 0.2) is 24.3 Å². The first-order valence-corrected chi connectivity index (χ1v) is 8.33. The molecule has 0 aromatic heterocycles. The van der Waals surface area contributed by atoms with Gasteiger partial charge in [-0.05, 0) is 67.5 Å². The number of benzene rings is 1. The Labute approximate surface area is 140 Å². The minimum absolute atomic E-state index is 0.0868. The molecule has 0 saturated carbocycles. The number of carbonyl (C=O) groups excluding carboxylic acids is 1. The van der Waals surface area contributed by atoms with Gasteiger partial charge in [0.25, 0.3) is 0 Å². The normalized spacial score (nSPS) is 23.0. The summed E-state index contributed by atoms with van der Waals surface area (Å²) in [7, 11) is 0. The summed E-state index contributed by atoms with van der Waals surface area (Å²) in [5, 5.41) is 0. The van der Waals surface area contributed by atoms with Crippen LogP contribution >= 0.6 is 22.6 Å². The Morgan fingerprint density at radius 1 is 1.33 bits per heavy atom. The van der Waals surface area contributed by atoms with E-state index in [2.05, 4.69) is 46.9 Å². The smallest absolute Gasteiger partial charge is 0.410 e. The number of ether oxygens (including phenoxy) is 1. The van der Waals surface area contributed by atoms with Crippen molar-refractivity contribution in [3.63, 3.8) is 0 Å². The zero-order chi connectivity index (χ0) is 15.6. The summed E-state index contributed by atoms with van der Waals surface area (Å²) in [6.45, 7) is 6.94. The summed E-state index contributed by atoms with van der Waals surface area (Å²) in [6.07, 6.45) is 0.556. The monoisotopic (exact) mass is 402 g/mol. The van der Waals surface area contributed by atoms with Crippen LogP contribution in [0.4, 0.5) is 4.79 Å². The maximum absolute atomic E-state index is 12.2. The summed E-state index contributed by atoms with van der Waals surface area (Å²) < 4.78 is 6.66. The van der Waals surface area contributed by atoms with E-state index in [-0.39, 0.29) is 18.1 Å². The average molecular weight is 402 g/mol. The van der Waals surface area contributed by atoms with Crippen molar-refractivity contribution in [1.82, 2.24) is 4.90 Å². The molecule has 1 amide bonds. The first-order chi connectivity index (χ1) is 9.76. The zero-order valence-corrected chi connectivity index (χ0v) is 15.0. The predicted octanol–water partition coefficient (Wildman–Crippen LogP) is 3.34. The molecule has 2 unspecified atom stereocenters. The van der Waals surface area contributed by atoms with Crippen molar-refractivity contribution in [2.75, 3.05) is 13.1 Å². The molecular weight excluding hydrogens is 379 g/mol. The second-order valence-electron chi connectivity index (χ2n) is 6.54. The van der Waals surface area contributed by atoms with E-state index in [4.69, 9.17) is 10.5 Å². The Hall–Kier alpha value is -0.820. The van der Waals surface area contributed by atoms with Crippen molar-refractivity contribution >= 4 is 28.7 Å². The Bertz CT molecular complexity index is 496. The van der Waals surface area contributed by atoms with Gasteiger partial charge in [0, 0.05) is 28.6 Å². The lowest BCUT2D eigenvalue weighted by Gasteiger charge is -2.37. The molecular formula is C16H23IN2O2. The third-order valence-electron chi connectivity index (χ3n) is 3.62. The van der Waals surface area contributed by atoms with Gasteiger partial charge in [-0.15, -0.1) is 0 Å². The van der Waals surface area contributed by atoms with Crippen molar-refractivity contribution in [2.45, 2.75) is 44.8 Å². The Kier molecular flexibility index (Phi) is 5.14. The summed E-state index contributed by atoms with van der Waals surface area (Å²) >= 11 is 2.29. The molecule has 1 heterocycles. The fraction of sp³-hybridized carbons (Fsp3) is 0.562. The van der Waals surface area contributed by atoms with Gasteiger partial charge < -0.3 is 15.4 Å². The molecule has 2 rings (SSSR count). The summed E-state index contributed by atoms with van der Waals surface area (Å²) in [5.74, 6) is 0.170. The standard InChI is InChI=1S/C16H23IN2O2/c1-16(2,3)21-15(20)19-9-8-14(18)13(10-19)11-4-6-12(17)7-5-11/h4-7,13-14H,8-10,18H2,1-3H3. The molecule has 21 heavy (non-hydrogen) atoms. The van der Waals surface area contributed by atoms with Crippen LogP contribution in [-0.2, 0) is 4.74 Å². The molecule has 1 saturated heterocycles. The molecule has 1 aromatic rings. The molecule has 4 nitrogen and oxygen atoms in total. The topological polar surface area (TPSA) is 55.6 Å². The van der Waals surface area contributed by atoms with Gasteiger partial charge in [0.05, 0.1) is 0 Å². The van der Waals surface area contributed by atoms with Crippen LogP contribution in [0.3, 0.4) is 0 Å². The fourth-order valence-corrected chi connectivity index (χ4v) is 2.88. The van der Waals surface area contributed by atoms with Crippen molar-refractivity contribution in [3.05, 3.63) is 33.4 Å². The van der Waals surface area contributed by atoms with Crippen LogP contribution in [0.5, 0.6) is 0 Å². The van der Waals surface area contributed by atoms with Crippen LogP contribution in [0.2, 0.25) is 0 Å². The Balaban J connectivity index is 2.09. The summed E-state index contributed by atoms with van der Waals surface area (Å²) in [6, 6.07) is 8.45. The molecule has 2 atom stereocenters.